The van der Waals surface area contributed by atoms with E-state index in [1.54, 1.807) is 41.3 Å². The molecule has 8 nitrogen and oxygen atoms in total. The van der Waals surface area contributed by atoms with Gasteiger partial charge in [0.1, 0.15) is 5.82 Å². The molecule has 0 aliphatic carbocycles. The molecule has 1 heterocycles. The molecule has 0 spiro atoms. The van der Waals surface area contributed by atoms with Gasteiger partial charge in [0.25, 0.3) is 5.91 Å². The molecular formula is C21H24FN7O. The predicted molar refractivity (Wildman–Crippen MR) is 116 cm³/mol. The Kier molecular flexibility index (Phi) is 6.31. The number of hydrogen-bond acceptors (Lipinski definition) is 3. The van der Waals surface area contributed by atoms with Crippen LogP contribution in [0.5, 0.6) is 0 Å². The Labute approximate surface area is 173 Å². The minimum absolute atomic E-state index is 0.000869. The summed E-state index contributed by atoms with van der Waals surface area (Å²) in [5, 5.41) is 20.1. The highest BCUT2D eigenvalue weighted by Crippen LogP contribution is 2.25. The Morgan fingerprint density at radius 3 is 2.43 bits per heavy atom. The van der Waals surface area contributed by atoms with E-state index < -0.39 is 11.7 Å². The van der Waals surface area contributed by atoms with E-state index in [1.807, 2.05) is 6.08 Å². The van der Waals surface area contributed by atoms with E-state index in [9.17, 15) is 9.18 Å². The third kappa shape index (κ3) is 5.13. The number of hydrogen-bond donors (Lipinski definition) is 6. The van der Waals surface area contributed by atoms with Gasteiger partial charge in [0.05, 0.1) is 0 Å². The molecule has 2 aromatic rings. The van der Waals surface area contributed by atoms with Crippen molar-refractivity contribution in [3.05, 3.63) is 71.0 Å². The fourth-order valence-electron chi connectivity index (χ4n) is 3.16. The van der Waals surface area contributed by atoms with Crippen LogP contribution in [0, 0.1) is 16.6 Å². The first kappa shape index (κ1) is 20.8. The van der Waals surface area contributed by atoms with E-state index in [0.29, 0.717) is 37.3 Å². The summed E-state index contributed by atoms with van der Waals surface area (Å²) in [6, 6.07) is 11.5. The average Bonchev–Trinajstić information content (AvgIpc) is 2.73. The molecule has 0 unspecified atom stereocenters. The number of guanidine groups is 2. The van der Waals surface area contributed by atoms with Gasteiger partial charge in [-0.3, -0.25) is 15.6 Å². The molecule has 3 rings (SSSR count). The first-order valence-corrected chi connectivity index (χ1v) is 9.39. The van der Waals surface area contributed by atoms with E-state index in [1.165, 1.54) is 6.07 Å². The normalized spacial score (nSPS) is 13.4. The summed E-state index contributed by atoms with van der Waals surface area (Å²) < 4.78 is 14.7. The molecule has 9 heteroatoms. The van der Waals surface area contributed by atoms with Crippen molar-refractivity contribution in [2.75, 3.05) is 18.4 Å². The first-order chi connectivity index (χ1) is 14.3. The molecule has 0 fully saturated rings. The Bertz CT molecular complexity index is 1000. The molecule has 0 radical (unpaired) electrons. The maximum Gasteiger partial charge on any atom is 0.255 e. The quantitative estimate of drug-likeness (QED) is 0.331. The molecule has 30 heavy (non-hydrogen) atoms. The van der Waals surface area contributed by atoms with Crippen LogP contribution in [0.4, 0.5) is 10.1 Å². The van der Waals surface area contributed by atoms with Crippen molar-refractivity contribution in [2.24, 2.45) is 11.5 Å². The molecule has 0 atom stereocenters. The number of nitrogens with one attached hydrogen (secondary N) is 4. The Balaban J connectivity index is 1.65. The summed E-state index contributed by atoms with van der Waals surface area (Å²) >= 11 is 0. The second kappa shape index (κ2) is 9.08. The summed E-state index contributed by atoms with van der Waals surface area (Å²) in [4.78, 5) is 14.2. The Hall–Kier alpha value is -3.88. The monoisotopic (exact) mass is 409 g/mol. The SMILES string of the molecule is N=C(N)NCc1ccc(NC(=O)c2ccc(C3=CCN(C(=N)N)CC3)c(F)c2)cc1. The number of rotatable bonds is 5. The molecule has 0 bridgehead atoms. The Morgan fingerprint density at radius 2 is 1.87 bits per heavy atom. The lowest BCUT2D eigenvalue weighted by Gasteiger charge is -2.26. The van der Waals surface area contributed by atoms with E-state index >= 15 is 0 Å². The van der Waals surface area contributed by atoms with Crippen LogP contribution in [-0.4, -0.2) is 35.8 Å². The number of nitrogens with zero attached hydrogens (tertiary/aromatic N) is 1. The smallest absolute Gasteiger partial charge is 0.255 e. The largest absolute Gasteiger partial charge is 0.370 e. The summed E-state index contributed by atoms with van der Waals surface area (Å²) in [6.07, 6.45) is 2.43. The molecule has 1 aliphatic rings. The summed E-state index contributed by atoms with van der Waals surface area (Å²) in [7, 11) is 0. The number of anilines is 1. The number of carbonyl (C=O) groups excluding carboxylic acids is 1. The molecule has 0 aromatic heterocycles. The second-order valence-corrected chi connectivity index (χ2v) is 6.92. The van der Waals surface area contributed by atoms with E-state index in [0.717, 1.165) is 11.1 Å². The molecule has 2 aromatic carbocycles. The lowest BCUT2D eigenvalue weighted by molar-refractivity contribution is 0.102. The van der Waals surface area contributed by atoms with E-state index in [-0.39, 0.29) is 17.5 Å². The van der Waals surface area contributed by atoms with Gasteiger partial charge in [-0.05, 0) is 41.8 Å². The standard InChI is InChI=1S/C21H24FN7O/c22-18-11-15(3-6-17(18)14-7-9-29(10-8-14)21(25)26)19(30)28-16-4-1-13(2-5-16)12-27-20(23)24/h1-7,11H,8-10,12H2,(H3,25,26)(H,28,30)(H4,23,24,27). The van der Waals surface area contributed by atoms with Gasteiger partial charge in [0.2, 0.25) is 0 Å². The number of halogens is 1. The van der Waals surface area contributed by atoms with Crippen LogP contribution in [0.1, 0.15) is 27.9 Å². The number of amides is 1. The first-order valence-electron chi connectivity index (χ1n) is 9.39. The molecule has 0 saturated heterocycles. The van der Waals surface area contributed by atoms with E-state index in [4.69, 9.17) is 22.3 Å². The highest BCUT2D eigenvalue weighted by atomic mass is 19.1. The molecule has 1 amide bonds. The van der Waals surface area contributed by atoms with Gasteiger partial charge in [0, 0.05) is 36.4 Å². The van der Waals surface area contributed by atoms with Gasteiger partial charge in [-0.25, -0.2) is 4.39 Å². The lowest BCUT2D eigenvalue weighted by Crippen LogP contribution is -2.39. The molecule has 1 aliphatic heterocycles. The lowest BCUT2D eigenvalue weighted by atomic mass is 9.97. The summed E-state index contributed by atoms with van der Waals surface area (Å²) in [5.41, 5.74) is 13.7. The van der Waals surface area contributed by atoms with Gasteiger partial charge in [-0.1, -0.05) is 24.3 Å². The molecular weight excluding hydrogens is 385 g/mol. The zero-order valence-electron chi connectivity index (χ0n) is 16.3. The zero-order chi connectivity index (χ0) is 21.7. The molecule has 156 valence electrons. The van der Waals surface area contributed by atoms with Crippen molar-refractivity contribution >= 4 is 29.1 Å². The van der Waals surface area contributed by atoms with Crippen molar-refractivity contribution in [1.82, 2.24) is 10.2 Å². The number of carbonyl (C=O) groups is 1. The van der Waals surface area contributed by atoms with Crippen LogP contribution >= 0.6 is 0 Å². The van der Waals surface area contributed by atoms with Crippen molar-refractivity contribution < 1.29 is 9.18 Å². The minimum atomic E-state index is -0.462. The van der Waals surface area contributed by atoms with Gasteiger partial charge in [-0.15, -0.1) is 0 Å². The zero-order valence-corrected chi connectivity index (χ0v) is 16.3. The second-order valence-electron chi connectivity index (χ2n) is 6.92. The van der Waals surface area contributed by atoms with Crippen molar-refractivity contribution in [3.8, 4) is 0 Å². The van der Waals surface area contributed by atoms with Crippen LogP contribution in [0.2, 0.25) is 0 Å². The number of nitrogens with two attached hydrogens (primary N) is 2. The van der Waals surface area contributed by atoms with Crippen molar-refractivity contribution in [2.45, 2.75) is 13.0 Å². The average molecular weight is 409 g/mol. The topological polar surface area (TPSA) is 144 Å². The van der Waals surface area contributed by atoms with E-state index in [2.05, 4.69) is 10.6 Å². The van der Waals surface area contributed by atoms with Gasteiger partial charge >= 0.3 is 0 Å². The maximum atomic E-state index is 14.7. The highest BCUT2D eigenvalue weighted by molar-refractivity contribution is 6.04. The summed E-state index contributed by atoms with van der Waals surface area (Å²) in [5.74, 6) is -0.981. The van der Waals surface area contributed by atoms with Crippen LogP contribution in [-0.2, 0) is 6.54 Å². The minimum Gasteiger partial charge on any atom is -0.370 e. The van der Waals surface area contributed by atoms with Gasteiger partial charge in [0.15, 0.2) is 11.9 Å². The van der Waals surface area contributed by atoms with Crippen LogP contribution in [0.25, 0.3) is 5.57 Å². The van der Waals surface area contributed by atoms with Crippen LogP contribution < -0.4 is 22.1 Å². The summed E-state index contributed by atoms with van der Waals surface area (Å²) in [6.45, 7) is 1.43. The Morgan fingerprint density at radius 1 is 1.13 bits per heavy atom. The van der Waals surface area contributed by atoms with Crippen molar-refractivity contribution in [1.29, 1.82) is 10.8 Å². The van der Waals surface area contributed by atoms with Gasteiger partial charge in [-0.2, -0.15) is 0 Å². The van der Waals surface area contributed by atoms with Crippen molar-refractivity contribution in [3.63, 3.8) is 0 Å². The van der Waals surface area contributed by atoms with Gasteiger partial charge < -0.3 is 27.0 Å². The number of benzene rings is 2. The maximum absolute atomic E-state index is 14.7. The predicted octanol–water partition coefficient (Wildman–Crippen LogP) is 2.04. The fourth-order valence-corrected chi connectivity index (χ4v) is 3.16. The molecule has 8 N–H and O–H groups in total. The molecule has 0 saturated carbocycles. The highest BCUT2D eigenvalue weighted by Gasteiger charge is 2.17. The van der Waals surface area contributed by atoms with Crippen LogP contribution in [0.3, 0.4) is 0 Å². The third-order valence-corrected chi connectivity index (χ3v) is 4.82. The third-order valence-electron chi connectivity index (χ3n) is 4.82. The van der Waals surface area contributed by atoms with Crippen LogP contribution in [0.15, 0.2) is 48.5 Å². The fraction of sp³-hybridized carbons (Fsp3) is 0.190.